The third-order valence-corrected chi connectivity index (χ3v) is 3.98. The molecule has 0 radical (unpaired) electrons. The molecular weight excluding hydrogens is 358 g/mol. The minimum atomic E-state index is -0.474. The molecule has 2 aromatic carbocycles. The summed E-state index contributed by atoms with van der Waals surface area (Å²) in [7, 11) is 3.11. The molecule has 0 bridgehead atoms. The molecule has 7 heteroatoms. The van der Waals surface area contributed by atoms with Gasteiger partial charge in [-0.1, -0.05) is 12.0 Å². The van der Waals surface area contributed by atoms with E-state index in [1.165, 1.54) is 0 Å². The van der Waals surface area contributed by atoms with Gasteiger partial charge in [-0.2, -0.15) is 0 Å². The van der Waals surface area contributed by atoms with Crippen molar-refractivity contribution < 1.29 is 19.1 Å². The molecule has 28 heavy (non-hydrogen) atoms. The molecular formula is C21H23N3O4. The Morgan fingerprint density at radius 2 is 1.93 bits per heavy atom. The molecule has 2 aromatic rings. The standard InChI is InChI=1S/C21H23N3O4/c1-5-15-7-6-8-16(11-15)24-20(25)13-22-21(26)23-14(2)18-10-9-17(27-3)12-19(18)28-4/h1,6-12,14H,13H2,2-4H3,(H,24,25)(H2,22,23,26). The summed E-state index contributed by atoms with van der Waals surface area (Å²) in [5, 5.41) is 7.97. The highest BCUT2D eigenvalue weighted by Gasteiger charge is 2.15. The Morgan fingerprint density at radius 3 is 2.61 bits per heavy atom. The van der Waals surface area contributed by atoms with Crippen LogP contribution < -0.4 is 25.4 Å². The number of nitrogens with one attached hydrogen (secondary N) is 3. The van der Waals surface area contributed by atoms with Gasteiger partial charge in [0, 0.05) is 22.9 Å². The molecule has 146 valence electrons. The Kier molecular flexibility index (Phi) is 7.28. The average molecular weight is 381 g/mol. The van der Waals surface area contributed by atoms with Gasteiger partial charge < -0.3 is 25.4 Å². The number of methoxy groups -OCH3 is 2. The second kappa shape index (κ2) is 9.88. The third-order valence-electron chi connectivity index (χ3n) is 3.98. The van der Waals surface area contributed by atoms with E-state index in [0.29, 0.717) is 22.7 Å². The van der Waals surface area contributed by atoms with E-state index in [1.54, 1.807) is 50.6 Å². The second-order valence-electron chi connectivity index (χ2n) is 5.93. The normalized spacial score (nSPS) is 10.9. The molecule has 0 heterocycles. The van der Waals surface area contributed by atoms with Crippen molar-refractivity contribution in [2.24, 2.45) is 0 Å². The van der Waals surface area contributed by atoms with Gasteiger partial charge in [-0.15, -0.1) is 6.42 Å². The lowest BCUT2D eigenvalue weighted by Crippen LogP contribution is -2.41. The van der Waals surface area contributed by atoms with Gasteiger partial charge in [-0.25, -0.2) is 4.79 Å². The van der Waals surface area contributed by atoms with Crippen LogP contribution >= 0.6 is 0 Å². The summed E-state index contributed by atoms with van der Waals surface area (Å²) in [6.45, 7) is 1.63. The van der Waals surface area contributed by atoms with Gasteiger partial charge in [-0.3, -0.25) is 4.79 Å². The predicted molar refractivity (Wildman–Crippen MR) is 108 cm³/mol. The monoisotopic (exact) mass is 381 g/mol. The number of benzene rings is 2. The molecule has 0 aliphatic heterocycles. The minimum Gasteiger partial charge on any atom is -0.497 e. The first-order chi connectivity index (χ1) is 13.5. The van der Waals surface area contributed by atoms with E-state index in [9.17, 15) is 9.59 Å². The highest BCUT2D eigenvalue weighted by atomic mass is 16.5. The Hall–Kier alpha value is -3.66. The molecule has 0 saturated carbocycles. The van der Waals surface area contributed by atoms with E-state index in [1.807, 2.05) is 13.0 Å². The number of carbonyl (C=O) groups is 2. The third kappa shape index (κ3) is 5.68. The molecule has 0 fully saturated rings. The maximum absolute atomic E-state index is 12.1. The van der Waals surface area contributed by atoms with E-state index < -0.39 is 6.03 Å². The first-order valence-electron chi connectivity index (χ1n) is 8.59. The number of carbonyl (C=O) groups excluding carboxylic acids is 2. The largest absolute Gasteiger partial charge is 0.497 e. The number of ether oxygens (including phenoxy) is 2. The zero-order chi connectivity index (χ0) is 20.5. The number of hydrogen-bond acceptors (Lipinski definition) is 4. The maximum atomic E-state index is 12.1. The van der Waals surface area contributed by atoms with Crippen LogP contribution in [0, 0.1) is 12.3 Å². The number of anilines is 1. The van der Waals surface area contributed by atoms with Crippen LogP contribution in [0.15, 0.2) is 42.5 Å². The lowest BCUT2D eigenvalue weighted by Gasteiger charge is -2.18. The summed E-state index contributed by atoms with van der Waals surface area (Å²) >= 11 is 0. The summed E-state index contributed by atoms with van der Waals surface area (Å²) < 4.78 is 10.5. The summed E-state index contributed by atoms with van der Waals surface area (Å²) in [4.78, 5) is 24.1. The van der Waals surface area contributed by atoms with Crippen LogP contribution in [0.1, 0.15) is 24.1 Å². The molecule has 3 N–H and O–H groups in total. The average Bonchev–Trinajstić information content (AvgIpc) is 2.71. The first kappa shape index (κ1) is 20.6. The summed E-state index contributed by atoms with van der Waals surface area (Å²) in [6.07, 6.45) is 5.34. The number of terminal acetylenes is 1. The van der Waals surface area contributed by atoms with Crippen LogP contribution in [-0.4, -0.2) is 32.7 Å². The summed E-state index contributed by atoms with van der Waals surface area (Å²) in [5.41, 5.74) is 2.01. The fraction of sp³-hybridized carbons (Fsp3) is 0.238. The van der Waals surface area contributed by atoms with E-state index >= 15 is 0 Å². The highest BCUT2D eigenvalue weighted by Crippen LogP contribution is 2.29. The number of amides is 3. The number of rotatable bonds is 7. The van der Waals surface area contributed by atoms with Gasteiger partial charge in [0.2, 0.25) is 5.91 Å². The van der Waals surface area contributed by atoms with Gasteiger partial charge in [0.25, 0.3) is 0 Å². The van der Waals surface area contributed by atoms with Crippen molar-refractivity contribution in [3.8, 4) is 23.8 Å². The van der Waals surface area contributed by atoms with Crippen molar-refractivity contribution >= 4 is 17.6 Å². The molecule has 3 amide bonds. The van der Waals surface area contributed by atoms with Crippen LogP contribution in [0.2, 0.25) is 0 Å². The van der Waals surface area contributed by atoms with Gasteiger partial charge in [0.15, 0.2) is 0 Å². The Labute approximate surface area is 164 Å². The Balaban J connectivity index is 1.88. The van der Waals surface area contributed by atoms with Crippen molar-refractivity contribution in [3.05, 3.63) is 53.6 Å². The molecule has 0 saturated heterocycles. The molecule has 1 unspecified atom stereocenters. The zero-order valence-electron chi connectivity index (χ0n) is 16.0. The Bertz CT molecular complexity index is 889. The lowest BCUT2D eigenvalue weighted by atomic mass is 10.1. The number of hydrogen-bond donors (Lipinski definition) is 3. The van der Waals surface area contributed by atoms with E-state index in [-0.39, 0.29) is 18.5 Å². The predicted octanol–water partition coefficient (Wildman–Crippen LogP) is 2.68. The van der Waals surface area contributed by atoms with Gasteiger partial charge in [0.05, 0.1) is 26.8 Å². The lowest BCUT2D eigenvalue weighted by molar-refractivity contribution is -0.115. The second-order valence-corrected chi connectivity index (χ2v) is 5.93. The van der Waals surface area contributed by atoms with E-state index in [0.717, 1.165) is 5.56 Å². The fourth-order valence-electron chi connectivity index (χ4n) is 2.55. The highest BCUT2D eigenvalue weighted by molar-refractivity contribution is 5.94. The van der Waals surface area contributed by atoms with Crippen LogP contribution in [-0.2, 0) is 4.79 Å². The van der Waals surface area contributed by atoms with Crippen LogP contribution in [0.25, 0.3) is 0 Å². The van der Waals surface area contributed by atoms with Crippen LogP contribution in [0.3, 0.4) is 0 Å². The van der Waals surface area contributed by atoms with Crippen molar-refractivity contribution in [1.82, 2.24) is 10.6 Å². The number of urea groups is 1. The minimum absolute atomic E-state index is 0.182. The zero-order valence-corrected chi connectivity index (χ0v) is 16.0. The Morgan fingerprint density at radius 1 is 1.14 bits per heavy atom. The van der Waals surface area contributed by atoms with Crippen LogP contribution in [0.4, 0.5) is 10.5 Å². The quantitative estimate of drug-likeness (QED) is 0.644. The molecule has 2 rings (SSSR count). The van der Waals surface area contributed by atoms with Crippen molar-refractivity contribution in [3.63, 3.8) is 0 Å². The van der Waals surface area contributed by atoms with Crippen molar-refractivity contribution in [2.45, 2.75) is 13.0 Å². The fourth-order valence-corrected chi connectivity index (χ4v) is 2.55. The van der Waals surface area contributed by atoms with Gasteiger partial charge in [-0.05, 0) is 37.3 Å². The smallest absolute Gasteiger partial charge is 0.315 e. The summed E-state index contributed by atoms with van der Waals surface area (Å²) in [6, 6.07) is 11.4. The molecule has 0 aliphatic carbocycles. The maximum Gasteiger partial charge on any atom is 0.315 e. The van der Waals surface area contributed by atoms with Crippen molar-refractivity contribution in [1.29, 1.82) is 0 Å². The SMILES string of the molecule is C#Cc1cccc(NC(=O)CNC(=O)NC(C)c2ccc(OC)cc2OC)c1. The first-order valence-corrected chi connectivity index (χ1v) is 8.59. The van der Waals surface area contributed by atoms with Crippen molar-refractivity contribution in [2.75, 3.05) is 26.1 Å². The molecule has 0 spiro atoms. The molecule has 0 aromatic heterocycles. The molecule has 7 nitrogen and oxygen atoms in total. The summed E-state index contributed by atoms with van der Waals surface area (Å²) in [5.74, 6) is 3.38. The van der Waals surface area contributed by atoms with E-state index in [4.69, 9.17) is 15.9 Å². The molecule has 0 aliphatic rings. The van der Waals surface area contributed by atoms with E-state index in [2.05, 4.69) is 21.9 Å². The van der Waals surface area contributed by atoms with Gasteiger partial charge in [0.1, 0.15) is 11.5 Å². The topological polar surface area (TPSA) is 88.7 Å². The van der Waals surface area contributed by atoms with Crippen LogP contribution in [0.5, 0.6) is 11.5 Å². The molecule has 1 atom stereocenters. The van der Waals surface area contributed by atoms with Gasteiger partial charge >= 0.3 is 6.03 Å².